The second kappa shape index (κ2) is 5.81. The molecule has 0 aromatic heterocycles. The van der Waals surface area contributed by atoms with E-state index in [2.05, 4.69) is 4.74 Å². The van der Waals surface area contributed by atoms with Gasteiger partial charge in [-0.25, -0.2) is 0 Å². The zero-order chi connectivity index (χ0) is 12.1. The molecule has 1 rings (SSSR count). The molecule has 0 spiro atoms. The normalized spacial score (nSPS) is 23.8. The maximum Gasteiger partial charge on any atom is 0.325 e. The summed E-state index contributed by atoms with van der Waals surface area (Å²) in [7, 11) is 1.29. The molecular weight excluding hydrogens is 214 g/mol. The summed E-state index contributed by atoms with van der Waals surface area (Å²) in [4.78, 5) is 24.2. The summed E-state index contributed by atoms with van der Waals surface area (Å²) in [6, 6.07) is -1.27. The average molecular weight is 231 g/mol. The van der Waals surface area contributed by atoms with E-state index in [4.69, 9.17) is 9.84 Å². The standard InChI is InChI=1S/C10H17NO5/c1-3-7(9(12)13)11-4-5-16-6-8(11)10(14)15-2/h7-8H,3-6H2,1-2H3,(H,12,13). The Hall–Kier alpha value is -1.14. The maximum atomic E-state index is 11.5. The lowest BCUT2D eigenvalue weighted by Gasteiger charge is -2.37. The van der Waals surface area contributed by atoms with E-state index >= 15 is 0 Å². The summed E-state index contributed by atoms with van der Waals surface area (Å²) >= 11 is 0. The summed E-state index contributed by atoms with van der Waals surface area (Å²) in [5.41, 5.74) is 0. The van der Waals surface area contributed by atoms with Crippen molar-refractivity contribution in [3.05, 3.63) is 0 Å². The number of carboxylic acid groups (broad SMARTS) is 1. The third kappa shape index (κ3) is 2.70. The molecule has 0 saturated carbocycles. The molecule has 6 nitrogen and oxygen atoms in total. The highest BCUT2D eigenvalue weighted by atomic mass is 16.5. The summed E-state index contributed by atoms with van der Waals surface area (Å²) in [5.74, 6) is -1.36. The molecule has 0 radical (unpaired) electrons. The van der Waals surface area contributed by atoms with Gasteiger partial charge in [-0.05, 0) is 6.42 Å². The largest absolute Gasteiger partial charge is 0.480 e. The molecule has 0 bridgehead atoms. The van der Waals surface area contributed by atoms with E-state index in [1.807, 2.05) is 0 Å². The molecule has 1 heterocycles. The topological polar surface area (TPSA) is 76.1 Å². The first-order valence-corrected chi connectivity index (χ1v) is 5.26. The lowest BCUT2D eigenvalue weighted by Crippen LogP contribution is -2.56. The van der Waals surface area contributed by atoms with Gasteiger partial charge in [0.15, 0.2) is 0 Å². The van der Waals surface area contributed by atoms with E-state index in [-0.39, 0.29) is 6.61 Å². The van der Waals surface area contributed by atoms with Crippen LogP contribution in [0.15, 0.2) is 0 Å². The highest BCUT2D eigenvalue weighted by Crippen LogP contribution is 2.15. The van der Waals surface area contributed by atoms with Crippen molar-refractivity contribution in [1.82, 2.24) is 4.90 Å². The quantitative estimate of drug-likeness (QED) is 0.671. The van der Waals surface area contributed by atoms with Gasteiger partial charge in [0.25, 0.3) is 0 Å². The van der Waals surface area contributed by atoms with E-state index in [9.17, 15) is 9.59 Å². The maximum absolute atomic E-state index is 11.5. The molecule has 1 saturated heterocycles. The molecule has 92 valence electrons. The van der Waals surface area contributed by atoms with Crippen LogP contribution in [0.1, 0.15) is 13.3 Å². The lowest BCUT2D eigenvalue weighted by atomic mass is 10.1. The number of carbonyl (C=O) groups excluding carboxylic acids is 1. The minimum Gasteiger partial charge on any atom is -0.480 e. The van der Waals surface area contributed by atoms with Crippen LogP contribution < -0.4 is 0 Å². The Morgan fingerprint density at radius 3 is 2.81 bits per heavy atom. The number of hydrogen-bond donors (Lipinski definition) is 1. The summed E-state index contributed by atoms with van der Waals surface area (Å²) in [6.07, 6.45) is 0.447. The van der Waals surface area contributed by atoms with Crippen molar-refractivity contribution in [2.24, 2.45) is 0 Å². The van der Waals surface area contributed by atoms with Gasteiger partial charge in [-0.3, -0.25) is 14.5 Å². The van der Waals surface area contributed by atoms with E-state index in [0.29, 0.717) is 19.6 Å². The van der Waals surface area contributed by atoms with Gasteiger partial charge in [0.1, 0.15) is 12.1 Å². The molecule has 1 fully saturated rings. The molecule has 2 atom stereocenters. The van der Waals surface area contributed by atoms with Gasteiger partial charge < -0.3 is 14.6 Å². The van der Waals surface area contributed by atoms with Crippen LogP contribution in [0.5, 0.6) is 0 Å². The minimum atomic E-state index is -0.918. The number of hydrogen-bond acceptors (Lipinski definition) is 5. The first-order chi connectivity index (χ1) is 7.61. The molecule has 1 aliphatic heterocycles. The van der Waals surface area contributed by atoms with Gasteiger partial charge in [-0.2, -0.15) is 0 Å². The van der Waals surface area contributed by atoms with Crippen molar-refractivity contribution < 1.29 is 24.2 Å². The van der Waals surface area contributed by atoms with Crippen LogP contribution in [-0.4, -0.2) is 60.9 Å². The van der Waals surface area contributed by atoms with E-state index in [1.165, 1.54) is 7.11 Å². The molecular formula is C10H17NO5. The van der Waals surface area contributed by atoms with Gasteiger partial charge in [-0.15, -0.1) is 0 Å². The fourth-order valence-electron chi connectivity index (χ4n) is 1.88. The number of nitrogens with zero attached hydrogens (tertiary/aromatic N) is 1. The van der Waals surface area contributed by atoms with Gasteiger partial charge >= 0.3 is 11.9 Å². The van der Waals surface area contributed by atoms with Crippen LogP contribution in [0.4, 0.5) is 0 Å². The summed E-state index contributed by atoms with van der Waals surface area (Å²) < 4.78 is 9.82. The van der Waals surface area contributed by atoms with Gasteiger partial charge in [0, 0.05) is 6.54 Å². The fraction of sp³-hybridized carbons (Fsp3) is 0.800. The predicted octanol–water partition coefficient (Wildman–Crippen LogP) is -0.277. The molecule has 2 unspecified atom stereocenters. The molecule has 1 N–H and O–H groups in total. The number of morpholine rings is 1. The van der Waals surface area contributed by atoms with Crippen molar-refractivity contribution in [3.8, 4) is 0 Å². The second-order valence-corrected chi connectivity index (χ2v) is 3.61. The van der Waals surface area contributed by atoms with Crippen molar-refractivity contribution in [2.75, 3.05) is 26.9 Å². The van der Waals surface area contributed by atoms with Crippen LogP contribution in [-0.2, 0) is 19.1 Å². The Kier molecular flexibility index (Phi) is 4.70. The van der Waals surface area contributed by atoms with Crippen molar-refractivity contribution >= 4 is 11.9 Å². The Morgan fingerprint density at radius 1 is 1.62 bits per heavy atom. The van der Waals surface area contributed by atoms with Gasteiger partial charge in [0.05, 0.1) is 20.3 Å². The van der Waals surface area contributed by atoms with Crippen LogP contribution in [0, 0.1) is 0 Å². The van der Waals surface area contributed by atoms with E-state index < -0.39 is 24.0 Å². The highest BCUT2D eigenvalue weighted by molar-refractivity contribution is 5.78. The van der Waals surface area contributed by atoms with Crippen LogP contribution in [0.25, 0.3) is 0 Å². The Morgan fingerprint density at radius 2 is 2.31 bits per heavy atom. The Labute approximate surface area is 94.1 Å². The number of rotatable bonds is 4. The monoisotopic (exact) mass is 231 g/mol. The van der Waals surface area contributed by atoms with Crippen LogP contribution in [0.3, 0.4) is 0 Å². The number of ether oxygens (including phenoxy) is 2. The molecule has 0 amide bonds. The van der Waals surface area contributed by atoms with Crippen molar-refractivity contribution in [1.29, 1.82) is 0 Å². The van der Waals surface area contributed by atoms with Gasteiger partial charge in [0.2, 0.25) is 0 Å². The summed E-state index contributed by atoms with van der Waals surface area (Å²) in [5, 5.41) is 9.06. The molecule has 6 heteroatoms. The van der Waals surface area contributed by atoms with E-state index in [1.54, 1.807) is 11.8 Å². The predicted molar refractivity (Wildman–Crippen MR) is 55.0 cm³/mol. The van der Waals surface area contributed by atoms with Crippen molar-refractivity contribution in [3.63, 3.8) is 0 Å². The average Bonchev–Trinajstić information content (AvgIpc) is 2.29. The number of esters is 1. The van der Waals surface area contributed by atoms with Crippen molar-refractivity contribution in [2.45, 2.75) is 25.4 Å². The summed E-state index contributed by atoms with van der Waals surface area (Å²) in [6.45, 7) is 2.85. The minimum absolute atomic E-state index is 0.191. The SMILES string of the molecule is CCC(C(=O)O)N1CCOCC1C(=O)OC. The number of carbonyl (C=O) groups is 2. The smallest absolute Gasteiger partial charge is 0.325 e. The number of methoxy groups -OCH3 is 1. The molecule has 1 aliphatic rings. The highest BCUT2D eigenvalue weighted by Gasteiger charge is 2.37. The second-order valence-electron chi connectivity index (χ2n) is 3.61. The van der Waals surface area contributed by atoms with E-state index in [0.717, 1.165) is 0 Å². The molecule has 16 heavy (non-hydrogen) atoms. The molecule has 0 aromatic carbocycles. The Bertz CT molecular complexity index is 268. The molecule has 0 aromatic rings. The first-order valence-electron chi connectivity index (χ1n) is 5.26. The number of aliphatic carboxylic acids is 1. The number of carboxylic acids is 1. The van der Waals surface area contributed by atoms with Crippen LogP contribution >= 0.6 is 0 Å². The van der Waals surface area contributed by atoms with Gasteiger partial charge in [-0.1, -0.05) is 6.92 Å². The fourth-order valence-corrected chi connectivity index (χ4v) is 1.88. The third-order valence-electron chi connectivity index (χ3n) is 2.72. The zero-order valence-electron chi connectivity index (χ0n) is 9.51. The first kappa shape index (κ1) is 12.9. The zero-order valence-corrected chi connectivity index (χ0v) is 9.51. The Balaban J connectivity index is 2.80. The molecule has 0 aliphatic carbocycles. The lowest BCUT2D eigenvalue weighted by molar-refractivity contribution is -0.160. The van der Waals surface area contributed by atoms with Crippen LogP contribution in [0.2, 0.25) is 0 Å². The third-order valence-corrected chi connectivity index (χ3v) is 2.72.